The molecule has 1 aromatic rings. The summed E-state index contributed by atoms with van der Waals surface area (Å²) >= 11 is 0. The third-order valence-electron chi connectivity index (χ3n) is 7.57. The molecule has 0 saturated carbocycles. The number of rotatable bonds is 24. The standard InChI is InChI=1S/C28H51N3O12P2.2Na/c1-2-3-4-5-6-7-8-9-10-11-12-13-14-15-16-17-18-24(32)29-23-19-20-31(28(35)30-23)27-26(34)25(33)22(42-27)21-41-45(39,40)43-44(36,37)38;;/h19-20,22,25-27,33-34H,2-18,21H2,1H3,(H,39,40)(H2,36,37,38)(H,29,30,32,35);;/q;2*+1/p-2/t22-,25-,26-,27-;;/m1../s1. The first-order valence-corrected chi connectivity index (χ1v) is 18.9. The monoisotopic (exact) mass is 727 g/mol. The van der Waals surface area contributed by atoms with Crippen molar-refractivity contribution in [3.05, 3.63) is 22.7 Å². The Morgan fingerprint density at radius 3 is 1.87 bits per heavy atom. The third-order valence-corrected chi connectivity index (χ3v) is 9.66. The second kappa shape index (κ2) is 25.4. The van der Waals surface area contributed by atoms with Crippen LogP contribution in [0.2, 0.25) is 0 Å². The first-order chi connectivity index (χ1) is 21.3. The molecule has 0 radical (unpaired) electrons. The molecule has 2 unspecified atom stereocenters. The first kappa shape index (κ1) is 47.5. The van der Waals surface area contributed by atoms with Gasteiger partial charge in [-0.05, 0) is 12.5 Å². The molecule has 2 heterocycles. The minimum absolute atomic E-state index is 0. The number of carbonyl (C=O) groups is 1. The van der Waals surface area contributed by atoms with Gasteiger partial charge in [0, 0.05) is 12.6 Å². The zero-order chi connectivity index (χ0) is 33.3. The molecule has 0 bridgehead atoms. The van der Waals surface area contributed by atoms with Gasteiger partial charge in [-0.2, -0.15) is 4.98 Å². The molecule has 4 N–H and O–H groups in total. The number of anilines is 1. The van der Waals surface area contributed by atoms with Gasteiger partial charge in [-0.1, -0.05) is 103 Å². The fraction of sp³-hybridized carbons (Fsp3) is 0.821. The summed E-state index contributed by atoms with van der Waals surface area (Å²) in [5.41, 5.74) is -0.932. The van der Waals surface area contributed by atoms with Crippen LogP contribution in [0, 0.1) is 0 Å². The Kier molecular flexibility index (Phi) is 25.7. The number of phosphoric ester groups is 1. The second-order valence-electron chi connectivity index (χ2n) is 11.4. The molecule has 0 aromatic carbocycles. The van der Waals surface area contributed by atoms with Crippen LogP contribution in [-0.4, -0.2) is 55.5 Å². The van der Waals surface area contributed by atoms with Gasteiger partial charge < -0.3 is 39.5 Å². The van der Waals surface area contributed by atoms with Crippen molar-refractivity contribution < 1.29 is 112 Å². The van der Waals surface area contributed by atoms with Gasteiger partial charge in [-0.25, -0.2) is 9.11 Å². The van der Waals surface area contributed by atoms with Crippen LogP contribution in [0.25, 0.3) is 0 Å². The zero-order valence-electron chi connectivity index (χ0n) is 28.0. The Morgan fingerprint density at radius 1 is 0.915 bits per heavy atom. The normalized spacial score (nSPS) is 21.7. The van der Waals surface area contributed by atoms with E-state index in [4.69, 9.17) is 9.63 Å². The Labute approximate surface area is 321 Å². The molecule has 0 spiro atoms. The molecule has 1 amide bonds. The van der Waals surface area contributed by atoms with Gasteiger partial charge in [0.25, 0.3) is 15.6 Å². The molecule has 1 aliphatic rings. The number of aliphatic hydroxyl groups excluding tert-OH is 2. The van der Waals surface area contributed by atoms with Crippen molar-refractivity contribution in [2.24, 2.45) is 0 Å². The summed E-state index contributed by atoms with van der Waals surface area (Å²) in [5.74, 6) is -0.314. The number of aromatic nitrogens is 2. The number of aliphatic hydroxyl groups is 2. The number of ether oxygens (including phenoxy) is 1. The summed E-state index contributed by atoms with van der Waals surface area (Å²) in [7, 11) is -11.2. The third kappa shape index (κ3) is 20.2. The summed E-state index contributed by atoms with van der Waals surface area (Å²) in [5, 5.41) is 23.0. The number of nitrogens with zero attached hydrogens (tertiary/aromatic N) is 2. The van der Waals surface area contributed by atoms with Crippen molar-refractivity contribution in [1.82, 2.24) is 9.55 Å². The van der Waals surface area contributed by atoms with Crippen LogP contribution in [0.15, 0.2) is 17.1 Å². The second-order valence-corrected chi connectivity index (χ2v) is 14.2. The molecular weight excluding hydrogens is 678 g/mol. The molecule has 1 saturated heterocycles. The van der Waals surface area contributed by atoms with E-state index in [1.807, 2.05) is 0 Å². The van der Waals surface area contributed by atoms with E-state index in [2.05, 4.69) is 26.1 Å². The quantitative estimate of drug-likeness (QED) is 0.0488. The topological polar surface area (TPSA) is 233 Å². The van der Waals surface area contributed by atoms with Crippen molar-refractivity contribution >= 4 is 27.4 Å². The maximum atomic E-state index is 12.5. The zero-order valence-corrected chi connectivity index (χ0v) is 33.8. The number of unbranched alkanes of at least 4 members (excludes halogenated alkanes) is 15. The van der Waals surface area contributed by atoms with Crippen LogP contribution in [0.5, 0.6) is 0 Å². The minimum atomic E-state index is -5.67. The predicted octanol–water partition coefficient (Wildman–Crippen LogP) is -2.58. The number of hydrogen-bond donors (Lipinski definition) is 4. The molecule has 0 aliphatic carbocycles. The molecule has 260 valence electrons. The van der Waals surface area contributed by atoms with Gasteiger partial charge in [-0.3, -0.25) is 18.5 Å². The predicted molar refractivity (Wildman–Crippen MR) is 162 cm³/mol. The summed E-state index contributed by atoms with van der Waals surface area (Å²) in [4.78, 5) is 59.2. The molecule has 1 fully saturated rings. The Balaban J connectivity index is 0.0000106. The van der Waals surface area contributed by atoms with Gasteiger partial charge in [0.2, 0.25) is 5.91 Å². The van der Waals surface area contributed by atoms with E-state index in [0.29, 0.717) is 6.42 Å². The van der Waals surface area contributed by atoms with Gasteiger partial charge in [-0.15, -0.1) is 0 Å². The summed E-state index contributed by atoms with van der Waals surface area (Å²) < 4.78 is 36.0. The molecule has 19 heteroatoms. The fourth-order valence-corrected chi connectivity index (χ4v) is 6.66. The first-order valence-electron chi connectivity index (χ1n) is 15.9. The Morgan fingerprint density at radius 2 is 1.40 bits per heavy atom. The maximum Gasteiger partial charge on any atom is 1.00 e. The molecule has 47 heavy (non-hydrogen) atoms. The molecule has 1 aromatic heterocycles. The van der Waals surface area contributed by atoms with E-state index < -0.39 is 52.5 Å². The average molecular weight is 728 g/mol. The van der Waals surface area contributed by atoms with Crippen LogP contribution < -0.4 is 79.9 Å². The number of carbonyl (C=O) groups excluding carboxylic acids is 1. The van der Waals surface area contributed by atoms with Crippen LogP contribution in [0.1, 0.15) is 122 Å². The van der Waals surface area contributed by atoms with E-state index in [1.54, 1.807) is 0 Å². The maximum absolute atomic E-state index is 12.5. The summed E-state index contributed by atoms with van der Waals surface area (Å²) in [6.07, 6.45) is 14.6. The van der Waals surface area contributed by atoms with Crippen LogP contribution >= 0.6 is 15.6 Å². The number of hydrogen-bond acceptors (Lipinski definition) is 12. The number of phosphoric acid groups is 2. The van der Waals surface area contributed by atoms with Crippen molar-refractivity contribution in [1.29, 1.82) is 0 Å². The van der Waals surface area contributed by atoms with Crippen molar-refractivity contribution in [3.8, 4) is 0 Å². The van der Waals surface area contributed by atoms with Crippen LogP contribution in [-0.2, 0) is 27.5 Å². The van der Waals surface area contributed by atoms with E-state index in [-0.39, 0.29) is 77.3 Å². The minimum Gasteiger partial charge on any atom is -0.756 e. The number of amides is 1. The summed E-state index contributed by atoms with van der Waals surface area (Å²) in [6, 6.07) is 1.30. The molecule has 2 rings (SSSR count). The van der Waals surface area contributed by atoms with Gasteiger partial charge in [0.05, 0.1) is 6.61 Å². The Hall–Kier alpha value is 0.490. The van der Waals surface area contributed by atoms with Crippen molar-refractivity contribution in [2.75, 3.05) is 11.9 Å². The SMILES string of the molecule is CCCCCCCCCCCCCCCCCCC(=O)Nc1ccn([C@@H]2O[C@H](COP(=O)([O-])OP(=O)([O-])O)[C@@H](O)[C@H]2O)c(=O)n1.[Na+].[Na+]. The van der Waals surface area contributed by atoms with Gasteiger partial charge >= 0.3 is 64.8 Å². The Bertz CT molecular complexity index is 1180. The van der Waals surface area contributed by atoms with Crippen molar-refractivity contribution in [2.45, 2.75) is 141 Å². The van der Waals surface area contributed by atoms with E-state index in [0.717, 1.165) is 23.8 Å². The molecule has 15 nitrogen and oxygen atoms in total. The van der Waals surface area contributed by atoms with E-state index in [1.165, 1.54) is 89.3 Å². The molecule has 6 atom stereocenters. The largest absolute Gasteiger partial charge is 1.00 e. The fourth-order valence-electron chi connectivity index (χ4n) is 5.13. The molecular formula is C28H49N3Na2O12P2. The van der Waals surface area contributed by atoms with E-state index >= 15 is 0 Å². The smallest absolute Gasteiger partial charge is 0.756 e. The van der Waals surface area contributed by atoms with Crippen LogP contribution in [0.4, 0.5) is 5.82 Å². The van der Waals surface area contributed by atoms with E-state index in [9.17, 15) is 38.7 Å². The summed E-state index contributed by atoms with van der Waals surface area (Å²) in [6.45, 7) is 1.25. The van der Waals surface area contributed by atoms with Gasteiger partial charge in [0.15, 0.2) is 6.23 Å². The van der Waals surface area contributed by atoms with Gasteiger partial charge in [0.1, 0.15) is 24.1 Å². The molecule has 1 aliphatic heterocycles. The number of nitrogens with one attached hydrogen (secondary N) is 1. The van der Waals surface area contributed by atoms with Crippen LogP contribution in [0.3, 0.4) is 0 Å². The average Bonchev–Trinajstić information content (AvgIpc) is 3.23. The van der Waals surface area contributed by atoms with Crippen molar-refractivity contribution in [3.63, 3.8) is 0 Å².